The molecule has 3 rings (SSSR count). The average molecular weight is 408 g/mol. The van der Waals surface area contributed by atoms with E-state index in [0.717, 1.165) is 36.6 Å². The number of carbonyl (C=O) groups excluding carboxylic acids is 1. The van der Waals surface area contributed by atoms with Crippen molar-refractivity contribution in [1.82, 2.24) is 10.3 Å². The van der Waals surface area contributed by atoms with Crippen LogP contribution >= 0.6 is 11.3 Å². The van der Waals surface area contributed by atoms with E-state index in [9.17, 15) is 13.2 Å². The van der Waals surface area contributed by atoms with E-state index in [-0.39, 0.29) is 18.4 Å². The highest BCUT2D eigenvalue weighted by Gasteiger charge is 2.22. The SMILES string of the molecule is CC(C)S(=O)(=O)c1ccc(CC(=O)NC2CCN(c3nccs3)CC2)cc1. The van der Waals surface area contributed by atoms with E-state index < -0.39 is 15.1 Å². The highest BCUT2D eigenvalue weighted by Crippen LogP contribution is 2.22. The number of nitrogens with one attached hydrogen (secondary N) is 1. The van der Waals surface area contributed by atoms with Crippen molar-refractivity contribution >= 4 is 32.2 Å². The number of piperidine rings is 1. The first-order valence-electron chi connectivity index (χ1n) is 9.13. The van der Waals surface area contributed by atoms with Gasteiger partial charge in [0.1, 0.15) is 0 Å². The standard InChI is InChI=1S/C19H25N3O3S2/c1-14(2)27(24,25)17-5-3-15(4-6-17)13-18(23)21-16-7-10-22(11-8-16)19-20-9-12-26-19/h3-6,9,12,14,16H,7-8,10-11,13H2,1-2H3,(H,21,23). The normalized spacial score (nSPS) is 15.9. The summed E-state index contributed by atoms with van der Waals surface area (Å²) in [6.45, 7) is 5.10. The van der Waals surface area contributed by atoms with Crippen molar-refractivity contribution in [2.75, 3.05) is 18.0 Å². The third-order valence-corrected chi connectivity index (χ3v) is 7.79. The molecule has 0 aliphatic carbocycles. The van der Waals surface area contributed by atoms with Crippen LogP contribution in [0.1, 0.15) is 32.3 Å². The van der Waals surface area contributed by atoms with Gasteiger partial charge >= 0.3 is 0 Å². The number of nitrogens with zero attached hydrogens (tertiary/aromatic N) is 2. The molecule has 2 heterocycles. The molecule has 27 heavy (non-hydrogen) atoms. The van der Waals surface area contributed by atoms with E-state index in [4.69, 9.17) is 0 Å². The maximum absolute atomic E-state index is 12.3. The smallest absolute Gasteiger partial charge is 0.224 e. The Morgan fingerprint density at radius 1 is 1.26 bits per heavy atom. The molecule has 0 saturated carbocycles. The Morgan fingerprint density at radius 2 is 1.93 bits per heavy atom. The molecule has 6 nitrogen and oxygen atoms in total. The van der Waals surface area contributed by atoms with Crippen LogP contribution in [-0.2, 0) is 21.1 Å². The molecule has 8 heteroatoms. The van der Waals surface area contributed by atoms with Gasteiger partial charge in [-0.05, 0) is 44.4 Å². The number of thiazole rings is 1. The van der Waals surface area contributed by atoms with E-state index in [1.165, 1.54) is 0 Å². The molecule has 1 N–H and O–H groups in total. The lowest BCUT2D eigenvalue weighted by Crippen LogP contribution is -2.45. The number of anilines is 1. The fraction of sp³-hybridized carbons (Fsp3) is 0.474. The van der Waals surface area contributed by atoms with Crippen molar-refractivity contribution in [3.8, 4) is 0 Å². The van der Waals surface area contributed by atoms with Crippen LogP contribution in [0.5, 0.6) is 0 Å². The Morgan fingerprint density at radius 3 is 2.48 bits per heavy atom. The molecule has 2 aromatic rings. The predicted molar refractivity (Wildman–Crippen MR) is 108 cm³/mol. The van der Waals surface area contributed by atoms with Crippen LogP contribution in [0, 0.1) is 0 Å². The summed E-state index contributed by atoms with van der Waals surface area (Å²) in [6, 6.07) is 6.80. The third-order valence-electron chi connectivity index (χ3n) is 4.79. The Balaban J connectivity index is 1.50. The molecular formula is C19H25N3O3S2. The summed E-state index contributed by atoms with van der Waals surface area (Å²) < 4.78 is 24.3. The lowest BCUT2D eigenvalue weighted by molar-refractivity contribution is -0.121. The van der Waals surface area contributed by atoms with Crippen molar-refractivity contribution < 1.29 is 13.2 Å². The number of rotatable bonds is 6. The molecule has 146 valence electrons. The van der Waals surface area contributed by atoms with Gasteiger partial charge in [0.25, 0.3) is 0 Å². The van der Waals surface area contributed by atoms with Gasteiger partial charge < -0.3 is 10.2 Å². The number of benzene rings is 1. The molecule has 1 aliphatic heterocycles. The first-order valence-corrected chi connectivity index (χ1v) is 11.6. The highest BCUT2D eigenvalue weighted by molar-refractivity contribution is 7.92. The zero-order valence-electron chi connectivity index (χ0n) is 15.6. The van der Waals surface area contributed by atoms with E-state index in [1.807, 2.05) is 11.6 Å². The largest absolute Gasteiger partial charge is 0.353 e. The van der Waals surface area contributed by atoms with Crippen LogP contribution in [0.3, 0.4) is 0 Å². The minimum atomic E-state index is -3.28. The lowest BCUT2D eigenvalue weighted by atomic mass is 10.0. The summed E-state index contributed by atoms with van der Waals surface area (Å²) >= 11 is 1.64. The molecule has 1 amide bonds. The van der Waals surface area contributed by atoms with Crippen LogP contribution in [-0.4, -0.2) is 43.7 Å². The number of sulfone groups is 1. The first-order chi connectivity index (χ1) is 12.9. The van der Waals surface area contributed by atoms with Gasteiger partial charge in [0, 0.05) is 30.7 Å². The maximum atomic E-state index is 12.3. The van der Waals surface area contributed by atoms with Gasteiger partial charge in [-0.25, -0.2) is 13.4 Å². The Kier molecular flexibility index (Phi) is 6.16. The summed E-state index contributed by atoms with van der Waals surface area (Å²) in [5.41, 5.74) is 0.815. The number of aromatic nitrogens is 1. The monoisotopic (exact) mass is 407 g/mol. The molecule has 1 fully saturated rings. The van der Waals surface area contributed by atoms with Crippen molar-refractivity contribution in [3.05, 3.63) is 41.4 Å². The molecule has 1 saturated heterocycles. The molecule has 0 radical (unpaired) electrons. The summed E-state index contributed by atoms with van der Waals surface area (Å²) in [7, 11) is -3.28. The van der Waals surface area contributed by atoms with Gasteiger partial charge in [-0.2, -0.15) is 0 Å². The molecule has 0 spiro atoms. The average Bonchev–Trinajstić information content (AvgIpc) is 3.17. The number of amides is 1. The Labute approximate surface area is 164 Å². The summed E-state index contributed by atoms with van der Waals surface area (Å²) in [5, 5.41) is 5.65. The lowest BCUT2D eigenvalue weighted by Gasteiger charge is -2.32. The van der Waals surface area contributed by atoms with Crippen LogP contribution in [0.4, 0.5) is 5.13 Å². The zero-order chi connectivity index (χ0) is 19.4. The van der Waals surface area contributed by atoms with Gasteiger partial charge in [-0.15, -0.1) is 11.3 Å². The van der Waals surface area contributed by atoms with Crippen molar-refractivity contribution in [1.29, 1.82) is 0 Å². The molecule has 0 bridgehead atoms. The van der Waals surface area contributed by atoms with Crippen LogP contribution in [0.25, 0.3) is 0 Å². The predicted octanol–water partition coefficient (Wildman–Crippen LogP) is 2.65. The molecule has 0 atom stereocenters. The van der Waals surface area contributed by atoms with Crippen LogP contribution in [0.2, 0.25) is 0 Å². The summed E-state index contributed by atoms with van der Waals surface area (Å²) in [6.07, 6.45) is 3.87. The van der Waals surface area contributed by atoms with E-state index >= 15 is 0 Å². The zero-order valence-corrected chi connectivity index (χ0v) is 17.2. The van der Waals surface area contributed by atoms with Crippen LogP contribution < -0.4 is 10.2 Å². The van der Waals surface area contributed by atoms with Gasteiger partial charge in [0.2, 0.25) is 5.91 Å². The van der Waals surface area contributed by atoms with Crippen molar-refractivity contribution in [2.24, 2.45) is 0 Å². The minimum Gasteiger partial charge on any atom is -0.353 e. The van der Waals surface area contributed by atoms with E-state index in [1.54, 1.807) is 49.4 Å². The molecule has 1 aliphatic rings. The Bertz CT molecular complexity index is 854. The number of hydrogen-bond acceptors (Lipinski definition) is 6. The number of carbonyl (C=O) groups is 1. The molecule has 1 aromatic heterocycles. The first kappa shape index (κ1) is 19.8. The fourth-order valence-electron chi connectivity index (χ4n) is 3.12. The maximum Gasteiger partial charge on any atom is 0.224 e. The highest BCUT2D eigenvalue weighted by atomic mass is 32.2. The second-order valence-corrected chi connectivity index (χ2v) is 10.4. The molecule has 0 unspecified atom stereocenters. The second kappa shape index (κ2) is 8.39. The number of hydrogen-bond donors (Lipinski definition) is 1. The molecular weight excluding hydrogens is 382 g/mol. The molecule has 1 aromatic carbocycles. The van der Waals surface area contributed by atoms with Gasteiger partial charge in [0.15, 0.2) is 15.0 Å². The minimum absolute atomic E-state index is 0.0258. The topological polar surface area (TPSA) is 79.4 Å². The quantitative estimate of drug-likeness (QED) is 0.796. The fourth-order valence-corrected chi connectivity index (χ4v) is 4.88. The van der Waals surface area contributed by atoms with Crippen molar-refractivity contribution in [3.63, 3.8) is 0 Å². The van der Waals surface area contributed by atoms with Gasteiger partial charge in [-0.1, -0.05) is 12.1 Å². The van der Waals surface area contributed by atoms with Crippen molar-refractivity contribution in [2.45, 2.75) is 49.3 Å². The van der Waals surface area contributed by atoms with Crippen LogP contribution in [0.15, 0.2) is 40.7 Å². The second-order valence-electron chi connectivity index (χ2n) is 7.06. The van der Waals surface area contributed by atoms with Gasteiger partial charge in [0.05, 0.1) is 16.6 Å². The summed E-state index contributed by atoms with van der Waals surface area (Å²) in [4.78, 5) is 19.2. The van der Waals surface area contributed by atoms with E-state index in [0.29, 0.717) is 4.90 Å². The van der Waals surface area contributed by atoms with E-state index in [2.05, 4.69) is 15.2 Å². The summed E-state index contributed by atoms with van der Waals surface area (Å²) in [5.74, 6) is -0.0258. The van der Waals surface area contributed by atoms with Gasteiger partial charge in [-0.3, -0.25) is 4.79 Å². The third kappa shape index (κ3) is 4.87. The Hall–Kier alpha value is -1.93.